The number of nitrogens with one attached hydrogen (secondary N) is 8. The van der Waals surface area contributed by atoms with Crippen LogP contribution in [0.15, 0.2) is 97.1 Å². The Labute approximate surface area is 397 Å². The fraction of sp³-hybridized carbons (Fsp3) is 0.300. The van der Waals surface area contributed by atoms with Crippen molar-refractivity contribution < 1.29 is 72.5 Å². The smallest absolute Gasteiger partial charge is 0.354 e. The molecule has 0 saturated carbocycles. The quantitative estimate of drug-likeness (QED) is 0.0195. The second-order valence-corrected chi connectivity index (χ2v) is 17.5. The third-order valence-corrected chi connectivity index (χ3v) is 12.4. The first kappa shape index (κ1) is 55.6. The van der Waals surface area contributed by atoms with Gasteiger partial charge in [0.2, 0.25) is 23.6 Å². The summed E-state index contributed by atoms with van der Waals surface area (Å²) in [6, 6.07) is 27.6. The van der Waals surface area contributed by atoms with Crippen LogP contribution in [0.2, 0.25) is 0 Å². The van der Waals surface area contributed by atoms with E-state index in [-0.39, 0.29) is 108 Å². The number of hydrogen-bond acceptors (Lipinski definition) is 12. The Morgan fingerprint density at radius 3 is 0.661 bits per heavy atom. The van der Waals surface area contributed by atoms with E-state index in [1.54, 1.807) is 140 Å². The molecule has 0 aliphatic carbocycles. The molecule has 0 fully saturated rings. The van der Waals surface area contributed by atoms with Crippen LogP contribution >= 0.6 is 43.2 Å². The van der Waals surface area contributed by atoms with E-state index in [1.807, 2.05) is 0 Å². The molecule has 0 unspecified atom stereocenters. The van der Waals surface area contributed by atoms with Gasteiger partial charge in [0.05, 0.1) is 26.2 Å². The van der Waals surface area contributed by atoms with Crippen LogP contribution in [0, 0.1) is 0 Å². The van der Waals surface area contributed by atoms with E-state index in [1.165, 1.54) is 0 Å². The van der Waals surface area contributed by atoms with Gasteiger partial charge in [-0.05, 0) is 0 Å². The summed E-state index contributed by atoms with van der Waals surface area (Å²) >= 11 is 0. The monoisotopic (exact) mass is 1010 g/mol. The van der Waals surface area contributed by atoms with Crippen molar-refractivity contribution in [3.05, 3.63) is 119 Å². The fourth-order valence-electron chi connectivity index (χ4n) is 4.57. The van der Waals surface area contributed by atoms with E-state index < -0.39 is 0 Å². The second kappa shape index (κ2) is 34.1. The summed E-state index contributed by atoms with van der Waals surface area (Å²) in [6.07, 6.45) is 0. The Balaban J connectivity index is 0.000000601. The Morgan fingerprint density at radius 1 is 0.306 bits per heavy atom. The Bertz CT molecular complexity index is 1630. The molecule has 4 rings (SSSR count). The summed E-state index contributed by atoms with van der Waals surface area (Å²) in [6.45, 7) is 1.72. The molecule has 0 atom stereocenters. The van der Waals surface area contributed by atoms with Gasteiger partial charge < -0.3 is 42.5 Å². The summed E-state index contributed by atoms with van der Waals surface area (Å²) in [5.74, 6) is 0.781. The number of carbonyl (C=O) groups excluding carboxylic acids is 8. The maximum Gasteiger partial charge on any atom is 2.00 e. The number of rotatable bonds is 26. The Hall–Kier alpha value is -4.40. The molecule has 0 bridgehead atoms. The standard InChI is InChI=1S/2C20H24N4O4S2.2Fe/c2*25-17(13-23-19(27)15-5-1-2-6-15)21-9-11-29-30-12-10-22-18(26)14-24-20(28)16-7-3-4-8-16;;/h2*1-8H,9-14H2,(H,21,25)(H,22,26)(H,23,27)(H,24,28);;/q2*-2;2*+2. The van der Waals surface area contributed by atoms with Crippen molar-refractivity contribution in [2.75, 3.05) is 75.4 Å². The normalized spacial score (nSPS) is 9.94. The number of hydrogen-bond donors (Lipinski definition) is 8. The molecule has 0 aliphatic heterocycles. The van der Waals surface area contributed by atoms with Crippen LogP contribution in [0.3, 0.4) is 0 Å². The summed E-state index contributed by atoms with van der Waals surface area (Å²) in [4.78, 5) is 93.6. The third-order valence-electron chi connectivity index (χ3n) is 7.53. The van der Waals surface area contributed by atoms with Gasteiger partial charge in [-0.25, -0.2) is 48.5 Å². The zero-order valence-corrected chi connectivity index (χ0v) is 38.8. The molecule has 336 valence electrons. The van der Waals surface area contributed by atoms with Crippen molar-refractivity contribution in [3.8, 4) is 0 Å². The Morgan fingerprint density at radius 2 is 0.484 bits per heavy atom. The van der Waals surface area contributed by atoms with E-state index in [9.17, 15) is 38.4 Å². The predicted octanol–water partition coefficient (Wildman–Crippen LogP) is 1.79. The van der Waals surface area contributed by atoms with E-state index in [4.69, 9.17) is 0 Å². The van der Waals surface area contributed by atoms with Crippen LogP contribution in [0.4, 0.5) is 0 Å². The zero-order chi connectivity index (χ0) is 43.2. The van der Waals surface area contributed by atoms with Gasteiger partial charge in [0, 0.05) is 49.2 Å². The molecule has 0 aromatic heterocycles. The molecule has 62 heavy (non-hydrogen) atoms. The topological polar surface area (TPSA) is 233 Å². The summed E-state index contributed by atoms with van der Waals surface area (Å²) in [5.41, 5.74) is 2.13. The first-order chi connectivity index (χ1) is 29.1. The van der Waals surface area contributed by atoms with Crippen LogP contribution in [-0.4, -0.2) is 123 Å². The van der Waals surface area contributed by atoms with E-state index in [0.717, 1.165) is 0 Å². The summed E-state index contributed by atoms with van der Waals surface area (Å²) in [5, 5.41) is 21.2. The molecule has 4 aromatic carbocycles. The van der Waals surface area contributed by atoms with E-state index in [0.29, 0.717) is 71.4 Å². The molecule has 16 nitrogen and oxygen atoms in total. The molecule has 8 N–H and O–H groups in total. The third kappa shape index (κ3) is 24.9. The summed E-state index contributed by atoms with van der Waals surface area (Å²) < 4.78 is 0. The van der Waals surface area contributed by atoms with Crippen molar-refractivity contribution in [1.29, 1.82) is 0 Å². The maximum absolute atomic E-state index is 11.7. The molecule has 0 radical (unpaired) electrons. The Kier molecular flexibility index (Phi) is 30.6. The molecule has 22 heteroatoms. The first-order valence-corrected chi connectivity index (χ1v) is 23.6. The van der Waals surface area contributed by atoms with Gasteiger partial charge in [-0.3, -0.25) is 38.4 Å². The predicted molar refractivity (Wildman–Crippen MR) is 239 cm³/mol. The number of carbonyl (C=O) groups is 8. The largest absolute Gasteiger partial charge is 2.00 e. The molecular formula is C40H48Fe2N8O8S4. The van der Waals surface area contributed by atoms with E-state index in [2.05, 4.69) is 42.5 Å². The van der Waals surface area contributed by atoms with Gasteiger partial charge in [-0.1, -0.05) is 65.4 Å². The van der Waals surface area contributed by atoms with Crippen LogP contribution in [0.25, 0.3) is 0 Å². The van der Waals surface area contributed by atoms with Crippen molar-refractivity contribution in [2.24, 2.45) is 0 Å². The zero-order valence-electron chi connectivity index (χ0n) is 33.3. The van der Waals surface area contributed by atoms with E-state index >= 15 is 0 Å². The SMILES string of the molecule is O=C(CNC(=O)[c-]1cccc1)NCCSSCCNC(=O)CNC(=O)[c-]1cccc1.O=C(CNC(=O)[c-]1cccc1)NCCSSCCNC(=O)CNC(=O)[c-]1cccc1.[Fe+2].[Fe+2]. The molecule has 0 aliphatic rings. The van der Waals surface area contributed by atoms with Crippen molar-refractivity contribution in [2.45, 2.75) is 0 Å². The average molecular weight is 1010 g/mol. The van der Waals surface area contributed by atoms with Crippen molar-refractivity contribution >= 4 is 90.4 Å². The van der Waals surface area contributed by atoms with Crippen LogP contribution in [-0.2, 0) is 53.3 Å². The average Bonchev–Trinajstić information content (AvgIpc) is 4.11. The van der Waals surface area contributed by atoms with Gasteiger partial charge in [-0.15, -0.1) is 0 Å². The first-order valence-electron chi connectivity index (χ1n) is 18.7. The van der Waals surface area contributed by atoms with Crippen LogP contribution in [0.5, 0.6) is 0 Å². The molecule has 0 spiro atoms. The minimum Gasteiger partial charge on any atom is -0.354 e. The minimum atomic E-state index is -0.271. The van der Waals surface area contributed by atoms with Crippen LogP contribution in [0.1, 0.15) is 41.4 Å². The molecular weight excluding hydrogens is 960 g/mol. The van der Waals surface area contributed by atoms with Gasteiger partial charge in [0.15, 0.2) is 23.6 Å². The second-order valence-electron chi connectivity index (χ2n) is 12.1. The number of amides is 8. The van der Waals surface area contributed by atoms with Gasteiger partial charge in [0.25, 0.3) is 0 Å². The molecule has 4 aromatic rings. The van der Waals surface area contributed by atoms with Crippen molar-refractivity contribution in [1.82, 2.24) is 42.5 Å². The van der Waals surface area contributed by atoms with Gasteiger partial charge in [0.1, 0.15) is 0 Å². The minimum absolute atomic E-state index is 0. The fourth-order valence-corrected chi connectivity index (χ4v) is 8.19. The molecule has 0 saturated heterocycles. The van der Waals surface area contributed by atoms with Crippen LogP contribution < -0.4 is 42.5 Å². The summed E-state index contributed by atoms with van der Waals surface area (Å²) in [7, 11) is 6.32. The van der Waals surface area contributed by atoms with Gasteiger partial charge >= 0.3 is 34.1 Å². The van der Waals surface area contributed by atoms with Crippen molar-refractivity contribution in [3.63, 3.8) is 0 Å². The van der Waals surface area contributed by atoms with Gasteiger partial charge in [-0.2, -0.15) is 48.5 Å². The molecule has 8 amide bonds. The maximum atomic E-state index is 11.7. The molecule has 0 heterocycles.